The molecule has 4 heteroatoms. The Morgan fingerprint density at radius 1 is 1.00 bits per heavy atom. The van der Waals surface area contributed by atoms with Gasteiger partial charge in [0.15, 0.2) is 0 Å². The fourth-order valence-electron chi connectivity index (χ4n) is 2.63. The molecule has 21 heavy (non-hydrogen) atoms. The van der Waals surface area contributed by atoms with Crippen molar-refractivity contribution in [2.24, 2.45) is 0 Å². The van der Waals surface area contributed by atoms with Gasteiger partial charge >= 0.3 is 0 Å². The average Bonchev–Trinajstić information content (AvgIpc) is 3.02. The molecular weight excluding hydrogens is 262 g/mol. The molecule has 1 aliphatic heterocycles. The van der Waals surface area contributed by atoms with Gasteiger partial charge in [-0.15, -0.1) is 0 Å². The number of hydrogen-bond donors (Lipinski definition) is 2. The van der Waals surface area contributed by atoms with Gasteiger partial charge in [0.1, 0.15) is 0 Å². The van der Waals surface area contributed by atoms with Gasteiger partial charge in [0.2, 0.25) is 0 Å². The number of amides is 1. The van der Waals surface area contributed by atoms with Crippen molar-refractivity contribution in [1.82, 2.24) is 0 Å². The number of hydrogen-bond acceptors (Lipinski definition) is 3. The Bertz CT molecular complexity index is 631. The second kappa shape index (κ2) is 5.87. The third-order valence-corrected chi connectivity index (χ3v) is 3.80. The van der Waals surface area contributed by atoms with Crippen LogP contribution in [0.3, 0.4) is 0 Å². The normalized spacial score (nSPS) is 14.2. The molecule has 2 aromatic rings. The van der Waals surface area contributed by atoms with Gasteiger partial charge in [0.05, 0.1) is 5.56 Å². The van der Waals surface area contributed by atoms with Gasteiger partial charge in [-0.1, -0.05) is 12.1 Å². The van der Waals surface area contributed by atoms with E-state index in [1.807, 2.05) is 24.3 Å². The maximum absolute atomic E-state index is 12.2. The zero-order valence-electron chi connectivity index (χ0n) is 11.9. The maximum atomic E-state index is 12.2. The summed E-state index contributed by atoms with van der Waals surface area (Å²) >= 11 is 0. The summed E-state index contributed by atoms with van der Waals surface area (Å²) in [5, 5.41) is 2.88. The highest BCUT2D eigenvalue weighted by Gasteiger charge is 2.13. The molecule has 0 bridgehead atoms. The molecule has 0 atom stereocenters. The molecule has 108 valence electrons. The lowest BCUT2D eigenvalue weighted by atomic mass is 10.1. The minimum Gasteiger partial charge on any atom is -0.398 e. The topological polar surface area (TPSA) is 58.4 Å². The number of benzene rings is 2. The minimum atomic E-state index is -0.179. The number of nitrogens with one attached hydrogen (secondary N) is 1. The number of rotatable bonds is 3. The third kappa shape index (κ3) is 2.99. The fraction of sp³-hybridized carbons (Fsp3) is 0.235. The van der Waals surface area contributed by atoms with Gasteiger partial charge in [-0.2, -0.15) is 0 Å². The summed E-state index contributed by atoms with van der Waals surface area (Å²) in [5.41, 5.74) is 8.80. The van der Waals surface area contributed by atoms with Gasteiger partial charge in [-0.05, 0) is 49.2 Å². The van der Waals surface area contributed by atoms with Crippen molar-refractivity contribution in [2.45, 2.75) is 12.8 Å². The first kappa shape index (κ1) is 13.5. The standard InChI is InChI=1S/C17H19N3O/c18-16-6-2-1-5-15(16)17(21)19-13-7-9-14(10-8-13)20-11-3-4-12-20/h1-2,5-10H,3-4,11-12,18H2,(H,19,21). The van der Waals surface area contributed by atoms with E-state index in [0.29, 0.717) is 11.3 Å². The van der Waals surface area contributed by atoms with Gasteiger partial charge in [0, 0.05) is 30.2 Å². The molecule has 0 aliphatic carbocycles. The van der Waals surface area contributed by atoms with Crippen molar-refractivity contribution in [2.75, 3.05) is 29.0 Å². The molecule has 0 aromatic heterocycles. The van der Waals surface area contributed by atoms with Crippen LogP contribution in [0.15, 0.2) is 48.5 Å². The molecule has 1 saturated heterocycles. The molecule has 0 unspecified atom stereocenters. The zero-order chi connectivity index (χ0) is 14.7. The molecule has 1 amide bonds. The Balaban J connectivity index is 1.70. The van der Waals surface area contributed by atoms with E-state index in [4.69, 9.17) is 5.73 Å². The number of para-hydroxylation sites is 1. The fourth-order valence-corrected chi connectivity index (χ4v) is 2.63. The average molecular weight is 281 g/mol. The molecular formula is C17H19N3O. The van der Waals surface area contributed by atoms with Crippen LogP contribution in [-0.2, 0) is 0 Å². The first-order valence-electron chi connectivity index (χ1n) is 7.25. The number of nitrogen functional groups attached to an aromatic ring is 1. The molecule has 0 radical (unpaired) electrons. The Hall–Kier alpha value is -2.49. The molecule has 3 N–H and O–H groups in total. The first-order valence-corrected chi connectivity index (χ1v) is 7.25. The SMILES string of the molecule is Nc1ccccc1C(=O)Nc1ccc(N2CCCC2)cc1. The summed E-state index contributed by atoms with van der Waals surface area (Å²) < 4.78 is 0. The quantitative estimate of drug-likeness (QED) is 0.850. The van der Waals surface area contributed by atoms with Crippen LogP contribution in [0.5, 0.6) is 0 Å². The number of carbonyl (C=O) groups excluding carboxylic acids is 1. The number of nitrogens with two attached hydrogens (primary N) is 1. The van der Waals surface area contributed by atoms with E-state index in [0.717, 1.165) is 18.8 Å². The molecule has 1 fully saturated rings. The third-order valence-electron chi connectivity index (χ3n) is 3.80. The van der Waals surface area contributed by atoms with Crippen LogP contribution in [0, 0.1) is 0 Å². The predicted octanol–water partition coefficient (Wildman–Crippen LogP) is 3.12. The summed E-state index contributed by atoms with van der Waals surface area (Å²) in [7, 11) is 0. The monoisotopic (exact) mass is 281 g/mol. The molecule has 3 rings (SSSR count). The summed E-state index contributed by atoms with van der Waals surface area (Å²) in [6, 6.07) is 15.0. The Morgan fingerprint density at radius 3 is 2.33 bits per heavy atom. The van der Waals surface area contributed by atoms with Gasteiger partial charge in [-0.3, -0.25) is 4.79 Å². The van der Waals surface area contributed by atoms with Crippen molar-refractivity contribution in [3.05, 3.63) is 54.1 Å². The number of carbonyl (C=O) groups is 1. The Labute approximate surface area is 124 Å². The van der Waals surface area contributed by atoms with Crippen molar-refractivity contribution in [3.63, 3.8) is 0 Å². The summed E-state index contributed by atoms with van der Waals surface area (Å²) in [6.45, 7) is 2.23. The van der Waals surface area contributed by atoms with E-state index < -0.39 is 0 Å². The summed E-state index contributed by atoms with van der Waals surface area (Å²) in [4.78, 5) is 14.5. The lowest BCUT2D eigenvalue weighted by molar-refractivity contribution is 0.102. The first-order chi connectivity index (χ1) is 10.2. The van der Waals surface area contributed by atoms with Crippen molar-refractivity contribution < 1.29 is 4.79 Å². The number of nitrogens with zero attached hydrogens (tertiary/aromatic N) is 1. The summed E-state index contributed by atoms with van der Waals surface area (Å²) in [5.74, 6) is -0.179. The van der Waals surface area contributed by atoms with E-state index in [-0.39, 0.29) is 5.91 Å². The molecule has 1 heterocycles. The molecule has 2 aromatic carbocycles. The molecule has 4 nitrogen and oxygen atoms in total. The minimum absolute atomic E-state index is 0.179. The van der Waals surface area contributed by atoms with Gasteiger partial charge < -0.3 is 16.0 Å². The van der Waals surface area contributed by atoms with E-state index in [1.54, 1.807) is 12.1 Å². The number of anilines is 3. The second-order valence-electron chi connectivity index (χ2n) is 5.28. The van der Waals surface area contributed by atoms with Crippen molar-refractivity contribution in [3.8, 4) is 0 Å². The van der Waals surface area contributed by atoms with Crippen molar-refractivity contribution in [1.29, 1.82) is 0 Å². The van der Waals surface area contributed by atoms with Gasteiger partial charge in [-0.25, -0.2) is 0 Å². The van der Waals surface area contributed by atoms with Gasteiger partial charge in [0.25, 0.3) is 5.91 Å². The second-order valence-corrected chi connectivity index (χ2v) is 5.28. The lowest BCUT2D eigenvalue weighted by Crippen LogP contribution is -2.17. The highest BCUT2D eigenvalue weighted by atomic mass is 16.1. The lowest BCUT2D eigenvalue weighted by Gasteiger charge is -2.17. The Kier molecular flexibility index (Phi) is 3.77. The Morgan fingerprint density at radius 2 is 1.67 bits per heavy atom. The zero-order valence-corrected chi connectivity index (χ0v) is 11.9. The van der Waals surface area contributed by atoms with Crippen LogP contribution >= 0.6 is 0 Å². The van der Waals surface area contributed by atoms with E-state index in [2.05, 4.69) is 22.3 Å². The van der Waals surface area contributed by atoms with Crippen LogP contribution < -0.4 is 16.0 Å². The van der Waals surface area contributed by atoms with Crippen LogP contribution in [0.1, 0.15) is 23.2 Å². The molecule has 0 saturated carbocycles. The van der Waals surface area contributed by atoms with E-state index >= 15 is 0 Å². The highest BCUT2D eigenvalue weighted by Crippen LogP contribution is 2.22. The van der Waals surface area contributed by atoms with E-state index in [1.165, 1.54) is 18.5 Å². The van der Waals surface area contributed by atoms with Crippen LogP contribution in [0.4, 0.5) is 17.1 Å². The van der Waals surface area contributed by atoms with Crippen LogP contribution in [0.25, 0.3) is 0 Å². The smallest absolute Gasteiger partial charge is 0.257 e. The van der Waals surface area contributed by atoms with Crippen molar-refractivity contribution >= 4 is 23.0 Å². The largest absolute Gasteiger partial charge is 0.398 e. The molecule has 0 spiro atoms. The summed E-state index contributed by atoms with van der Waals surface area (Å²) in [6.07, 6.45) is 2.51. The van der Waals surface area contributed by atoms with E-state index in [9.17, 15) is 4.79 Å². The highest BCUT2D eigenvalue weighted by molar-refractivity contribution is 6.07. The maximum Gasteiger partial charge on any atom is 0.257 e. The predicted molar refractivity (Wildman–Crippen MR) is 86.7 cm³/mol. The van der Waals surface area contributed by atoms with Crippen LogP contribution in [0.2, 0.25) is 0 Å². The molecule has 1 aliphatic rings. The van der Waals surface area contributed by atoms with Crippen LogP contribution in [-0.4, -0.2) is 19.0 Å².